The number of anilines is 3. The molecule has 0 heterocycles. The molecule has 8 nitrogen and oxygen atoms in total. The van der Waals surface area contributed by atoms with Gasteiger partial charge in [0.15, 0.2) is 0 Å². The van der Waals surface area contributed by atoms with Crippen LogP contribution in [0.3, 0.4) is 0 Å². The number of sulfonamides is 1. The van der Waals surface area contributed by atoms with Crippen LogP contribution < -0.4 is 14.9 Å². The summed E-state index contributed by atoms with van der Waals surface area (Å²) in [7, 11) is -0.670. The summed E-state index contributed by atoms with van der Waals surface area (Å²) in [6.45, 7) is -0.0122. The summed E-state index contributed by atoms with van der Waals surface area (Å²) in [5.41, 5.74) is 1.56. The van der Waals surface area contributed by atoms with E-state index in [1.165, 1.54) is 23.5 Å². The molecule has 33 heavy (non-hydrogen) atoms. The molecule has 2 N–H and O–H groups in total. The molecule has 2 amide bonds. The Bertz CT molecular complexity index is 1200. The molecule has 172 valence electrons. The van der Waals surface area contributed by atoms with Crippen LogP contribution in [-0.4, -0.2) is 52.3 Å². The molecule has 9 heteroatoms. The first-order chi connectivity index (χ1) is 15.8. The Hall–Kier alpha value is -3.69. The zero-order chi connectivity index (χ0) is 23.8. The fourth-order valence-electron chi connectivity index (χ4n) is 3.14. The van der Waals surface area contributed by atoms with Crippen LogP contribution >= 0.6 is 0 Å². The van der Waals surface area contributed by atoms with Gasteiger partial charge in [0.25, 0.3) is 10.0 Å². The molecular weight excluding hydrogens is 440 g/mol. The van der Waals surface area contributed by atoms with E-state index in [0.717, 1.165) is 0 Å². The van der Waals surface area contributed by atoms with Gasteiger partial charge in [-0.1, -0.05) is 42.5 Å². The van der Waals surface area contributed by atoms with Crippen molar-refractivity contribution in [2.24, 2.45) is 0 Å². The minimum absolute atomic E-state index is 0.0264. The summed E-state index contributed by atoms with van der Waals surface area (Å²) in [5, 5.41) is 5.45. The van der Waals surface area contributed by atoms with E-state index in [0.29, 0.717) is 17.1 Å². The van der Waals surface area contributed by atoms with E-state index in [4.69, 9.17) is 0 Å². The molecular formula is C24H26N4O4S. The van der Waals surface area contributed by atoms with Crippen LogP contribution in [0.4, 0.5) is 17.1 Å². The van der Waals surface area contributed by atoms with Gasteiger partial charge in [-0.2, -0.15) is 0 Å². The van der Waals surface area contributed by atoms with Crippen molar-refractivity contribution in [3.05, 3.63) is 84.9 Å². The maximum absolute atomic E-state index is 13.0. The average molecular weight is 467 g/mol. The predicted molar refractivity (Wildman–Crippen MR) is 130 cm³/mol. The van der Waals surface area contributed by atoms with Crippen molar-refractivity contribution in [1.82, 2.24) is 4.90 Å². The average Bonchev–Trinajstić information content (AvgIpc) is 2.79. The van der Waals surface area contributed by atoms with Crippen molar-refractivity contribution in [1.29, 1.82) is 0 Å². The standard InChI is InChI=1S/C24H26N4O4S/c1-27(17-23(29)25-19-10-5-3-6-11-19)18-24(30)26-20-12-9-15-22(16-20)33(31,32)28(2)21-13-7-4-8-14-21/h3-16H,17-18H2,1-2H3,(H,25,29)(H,26,30). The quantitative estimate of drug-likeness (QED) is 0.505. The van der Waals surface area contributed by atoms with Gasteiger partial charge < -0.3 is 10.6 Å². The second kappa shape index (κ2) is 10.8. The fourth-order valence-corrected chi connectivity index (χ4v) is 4.38. The zero-order valence-electron chi connectivity index (χ0n) is 18.4. The fraction of sp³-hybridized carbons (Fsp3) is 0.167. The van der Waals surface area contributed by atoms with Crippen LogP contribution in [0.2, 0.25) is 0 Å². The first kappa shape index (κ1) is 24.0. The third-order valence-electron chi connectivity index (χ3n) is 4.78. The molecule has 0 unspecified atom stereocenters. The number of likely N-dealkylation sites (N-methyl/N-ethyl adjacent to an activating group) is 1. The lowest BCUT2D eigenvalue weighted by Gasteiger charge is -2.20. The third-order valence-corrected chi connectivity index (χ3v) is 6.56. The number of rotatable bonds is 9. The lowest BCUT2D eigenvalue weighted by atomic mass is 10.3. The lowest BCUT2D eigenvalue weighted by Crippen LogP contribution is -2.36. The Labute approximate surface area is 193 Å². The van der Waals surface area contributed by atoms with Crippen LogP contribution in [-0.2, 0) is 19.6 Å². The van der Waals surface area contributed by atoms with E-state index in [9.17, 15) is 18.0 Å². The second-order valence-electron chi connectivity index (χ2n) is 7.47. The molecule has 0 saturated heterocycles. The minimum atomic E-state index is -3.80. The smallest absolute Gasteiger partial charge is 0.264 e. The number of amides is 2. The number of benzene rings is 3. The highest BCUT2D eigenvalue weighted by Crippen LogP contribution is 2.23. The molecule has 0 aliphatic rings. The third kappa shape index (κ3) is 6.64. The van der Waals surface area contributed by atoms with Crippen LogP contribution in [0.1, 0.15) is 0 Å². The van der Waals surface area contributed by atoms with Gasteiger partial charge >= 0.3 is 0 Å². The van der Waals surface area contributed by atoms with Crippen molar-refractivity contribution < 1.29 is 18.0 Å². The van der Waals surface area contributed by atoms with Crippen molar-refractivity contribution in [3.63, 3.8) is 0 Å². The molecule has 0 spiro atoms. The van der Waals surface area contributed by atoms with Gasteiger partial charge in [0.2, 0.25) is 11.8 Å². The molecule has 0 aromatic heterocycles. The van der Waals surface area contributed by atoms with Crippen LogP contribution in [0.5, 0.6) is 0 Å². The molecule has 0 aliphatic carbocycles. The van der Waals surface area contributed by atoms with Crippen molar-refractivity contribution in [3.8, 4) is 0 Å². The molecule has 0 saturated carbocycles. The van der Waals surface area contributed by atoms with Gasteiger partial charge in [0.05, 0.1) is 23.7 Å². The summed E-state index contributed by atoms with van der Waals surface area (Å²) in [4.78, 5) is 26.2. The van der Waals surface area contributed by atoms with Gasteiger partial charge in [-0.05, 0) is 49.5 Å². The van der Waals surface area contributed by atoms with Gasteiger partial charge in [-0.15, -0.1) is 0 Å². The topological polar surface area (TPSA) is 98.8 Å². The molecule has 3 aromatic rings. The molecule has 0 atom stereocenters. The first-order valence-electron chi connectivity index (χ1n) is 10.2. The van der Waals surface area contributed by atoms with Crippen LogP contribution in [0, 0.1) is 0 Å². The number of hydrogen-bond acceptors (Lipinski definition) is 5. The second-order valence-corrected chi connectivity index (χ2v) is 9.44. The van der Waals surface area contributed by atoms with Gasteiger partial charge in [-0.3, -0.25) is 18.8 Å². The summed E-state index contributed by atoms with van der Waals surface area (Å²) >= 11 is 0. The van der Waals surface area contributed by atoms with E-state index in [2.05, 4.69) is 10.6 Å². The number of carbonyl (C=O) groups is 2. The van der Waals surface area contributed by atoms with E-state index in [1.807, 2.05) is 24.3 Å². The summed E-state index contributed by atoms with van der Waals surface area (Å²) in [5.74, 6) is -0.607. The van der Waals surface area contributed by atoms with Crippen molar-refractivity contribution >= 4 is 38.9 Å². The molecule has 0 radical (unpaired) electrons. The van der Waals surface area contributed by atoms with Crippen molar-refractivity contribution in [2.75, 3.05) is 42.1 Å². The Balaban J connectivity index is 1.59. The summed E-state index contributed by atoms with van der Waals surface area (Å²) in [6, 6.07) is 23.8. The molecule has 0 fully saturated rings. The highest BCUT2D eigenvalue weighted by atomic mass is 32.2. The van der Waals surface area contributed by atoms with E-state index in [1.54, 1.807) is 60.5 Å². The van der Waals surface area contributed by atoms with Crippen molar-refractivity contribution in [2.45, 2.75) is 4.90 Å². The van der Waals surface area contributed by atoms with E-state index >= 15 is 0 Å². The van der Waals surface area contributed by atoms with Gasteiger partial charge in [0.1, 0.15) is 0 Å². The Morgan fingerprint density at radius 2 is 1.24 bits per heavy atom. The van der Waals surface area contributed by atoms with Crippen LogP contribution in [0.25, 0.3) is 0 Å². The van der Waals surface area contributed by atoms with Gasteiger partial charge in [0, 0.05) is 18.4 Å². The maximum Gasteiger partial charge on any atom is 0.264 e. The maximum atomic E-state index is 13.0. The first-order valence-corrected chi connectivity index (χ1v) is 11.7. The molecule has 0 aliphatic heterocycles. The number of nitrogens with zero attached hydrogens (tertiary/aromatic N) is 2. The Kier molecular flexibility index (Phi) is 7.81. The SMILES string of the molecule is CN(CC(=O)Nc1ccccc1)CC(=O)Nc1cccc(S(=O)(=O)N(C)c2ccccc2)c1. The lowest BCUT2D eigenvalue weighted by molar-refractivity contribution is -0.119. The Morgan fingerprint density at radius 3 is 1.85 bits per heavy atom. The highest BCUT2D eigenvalue weighted by Gasteiger charge is 2.22. The highest BCUT2D eigenvalue weighted by molar-refractivity contribution is 7.92. The normalized spacial score (nSPS) is 11.1. The predicted octanol–water partition coefficient (Wildman–Crippen LogP) is 3.02. The molecule has 3 rings (SSSR count). The number of para-hydroxylation sites is 2. The minimum Gasteiger partial charge on any atom is -0.325 e. The summed E-state index contributed by atoms with van der Waals surface area (Å²) in [6.07, 6.45) is 0. The van der Waals surface area contributed by atoms with E-state index in [-0.39, 0.29) is 29.8 Å². The number of carbonyl (C=O) groups excluding carboxylic acids is 2. The monoisotopic (exact) mass is 466 g/mol. The van der Waals surface area contributed by atoms with Crippen LogP contribution in [0.15, 0.2) is 89.8 Å². The van der Waals surface area contributed by atoms with Gasteiger partial charge in [-0.25, -0.2) is 8.42 Å². The zero-order valence-corrected chi connectivity index (χ0v) is 19.2. The Morgan fingerprint density at radius 1 is 0.727 bits per heavy atom. The number of hydrogen-bond donors (Lipinski definition) is 2. The molecule has 3 aromatic carbocycles. The summed E-state index contributed by atoms with van der Waals surface area (Å²) < 4.78 is 27.1. The van der Waals surface area contributed by atoms with E-state index < -0.39 is 10.0 Å². The number of nitrogens with one attached hydrogen (secondary N) is 2. The largest absolute Gasteiger partial charge is 0.325 e. The molecule has 0 bridgehead atoms.